The Morgan fingerprint density at radius 2 is 0.743 bits per heavy atom. The van der Waals surface area contributed by atoms with E-state index >= 15 is 0 Å². The van der Waals surface area contributed by atoms with Crippen molar-refractivity contribution in [3.05, 3.63) is 164 Å². The van der Waals surface area contributed by atoms with Gasteiger partial charge in [0.2, 0.25) is 0 Å². The fourth-order valence-corrected chi connectivity index (χ4v) is 12.3. The molecule has 4 aliphatic rings. The largest absolute Gasteiger partial charge is 0.511 e. The van der Waals surface area contributed by atoms with Crippen molar-refractivity contribution in [2.45, 2.75) is 162 Å². The van der Waals surface area contributed by atoms with Crippen molar-refractivity contribution in [3.8, 4) is 0 Å². The Bertz CT molecular complexity index is 2620. The molecule has 6 unspecified atom stereocenters. The van der Waals surface area contributed by atoms with Gasteiger partial charge in [-0.15, -0.1) is 0 Å². The fourth-order valence-electron chi connectivity index (χ4n) is 12.3. The number of hydrogen-bond donors (Lipinski definition) is 2. The molecule has 4 bridgehead atoms. The summed E-state index contributed by atoms with van der Waals surface area (Å²) in [4.78, 5) is 87.8. The van der Waals surface area contributed by atoms with Gasteiger partial charge in [0.15, 0.2) is 45.5 Å². The Balaban J connectivity index is 0.000000274. The molecule has 2 aromatic rings. The quantitative estimate of drug-likeness (QED) is 0.0961. The summed E-state index contributed by atoms with van der Waals surface area (Å²) < 4.78 is 0. The van der Waals surface area contributed by atoms with Gasteiger partial charge in [-0.2, -0.15) is 0 Å². The van der Waals surface area contributed by atoms with Crippen molar-refractivity contribution >= 4 is 34.7 Å². The molecule has 0 spiro atoms. The minimum absolute atomic E-state index is 0.147. The highest BCUT2D eigenvalue weighted by atomic mass is 16.3. The van der Waals surface area contributed by atoms with Crippen molar-refractivity contribution in [1.29, 1.82) is 0 Å². The van der Waals surface area contributed by atoms with Crippen LogP contribution < -0.4 is 0 Å². The fraction of sp³-hybridized carbons (Fsp3) is 0.485. The van der Waals surface area contributed by atoms with Gasteiger partial charge in [0.25, 0.3) is 0 Å². The summed E-state index contributed by atoms with van der Waals surface area (Å²) in [5.41, 5.74) is -1.03. The third kappa shape index (κ3) is 10.1. The zero-order valence-electron chi connectivity index (χ0n) is 47.4. The van der Waals surface area contributed by atoms with Gasteiger partial charge in [-0.05, 0) is 157 Å². The maximum absolute atomic E-state index is 14.8. The lowest BCUT2D eigenvalue weighted by atomic mass is 9.39. The first kappa shape index (κ1) is 58.9. The molecule has 6 atom stereocenters. The molecule has 0 amide bonds. The van der Waals surface area contributed by atoms with Crippen molar-refractivity contribution < 1.29 is 39.0 Å². The SMILES string of the molecule is CC(C)=CCC1=C(O)C2(CC=C(C)C)CC(CC=C(C)C)C(C)(C)C(C(=O)c3ccccc3)(C1=O)C2=O.CC(C)=CCC1=C(O)C2(CC=C(C)C)CC(CC=C(C)C)C(C)(C)C(C(=O)c3ccccc3)(C1=O)C2=O. The zero-order chi connectivity index (χ0) is 55.5. The summed E-state index contributed by atoms with van der Waals surface area (Å²) in [6.07, 6.45) is 14.8. The molecule has 6 rings (SSSR count). The number of fused-ring (bicyclic) bond motifs is 4. The van der Waals surface area contributed by atoms with E-state index in [1.165, 1.54) is 0 Å². The second-order valence-electron chi connectivity index (χ2n) is 24.2. The highest BCUT2D eigenvalue weighted by molar-refractivity contribution is 6.37. The molecule has 0 radical (unpaired) electrons. The monoisotopic (exact) mass is 1000 g/mol. The Labute approximate surface area is 442 Å². The number of Topliss-reactive ketones (excluding diaryl/α,β-unsaturated/α-hetero) is 6. The Morgan fingerprint density at radius 3 is 1.01 bits per heavy atom. The Hall–Kier alpha value is -6.02. The van der Waals surface area contributed by atoms with E-state index in [0.717, 1.165) is 33.4 Å². The van der Waals surface area contributed by atoms with E-state index in [1.54, 1.807) is 48.5 Å². The molecule has 2 saturated carbocycles. The van der Waals surface area contributed by atoms with Crippen LogP contribution in [0.3, 0.4) is 0 Å². The summed E-state index contributed by atoms with van der Waals surface area (Å²) in [5, 5.41) is 23.6. The number of ketones is 6. The molecular weight excluding hydrogens is 921 g/mol. The zero-order valence-corrected chi connectivity index (χ0v) is 47.4. The highest BCUT2D eigenvalue weighted by Gasteiger charge is 2.76. The van der Waals surface area contributed by atoms with E-state index in [9.17, 15) is 39.0 Å². The van der Waals surface area contributed by atoms with Crippen LogP contribution in [0.15, 0.2) is 153 Å². The third-order valence-corrected chi connectivity index (χ3v) is 16.9. The molecule has 396 valence electrons. The predicted molar refractivity (Wildman–Crippen MR) is 299 cm³/mol. The maximum atomic E-state index is 14.8. The maximum Gasteiger partial charge on any atom is 0.184 e. The molecule has 2 N–H and O–H groups in total. The lowest BCUT2D eigenvalue weighted by molar-refractivity contribution is -0.166. The van der Waals surface area contributed by atoms with Gasteiger partial charge in [-0.3, -0.25) is 28.8 Å². The predicted octanol–water partition coefficient (Wildman–Crippen LogP) is 15.8. The van der Waals surface area contributed by atoms with Gasteiger partial charge in [0, 0.05) is 22.3 Å². The molecule has 0 heterocycles. The first-order chi connectivity index (χ1) is 34.5. The van der Waals surface area contributed by atoms with Crippen LogP contribution in [0.2, 0.25) is 0 Å². The molecule has 2 aromatic carbocycles. The number of allylic oxidation sites excluding steroid dienone is 16. The van der Waals surface area contributed by atoms with E-state index in [-0.39, 0.29) is 60.2 Å². The molecule has 74 heavy (non-hydrogen) atoms. The number of rotatable bonds is 16. The second kappa shape index (κ2) is 22.4. The van der Waals surface area contributed by atoms with Gasteiger partial charge < -0.3 is 10.2 Å². The number of carbonyl (C=O) groups excluding carboxylic acids is 6. The standard InChI is InChI=1S/2C33H42O4/c2*1-21(2)14-16-25-20-32(19-18-23(5)6)28(35)26(17-15-22(3)4)29(36)33(30(32)37,31(25,7)8)27(34)24-12-10-9-11-13-24/h2*9-15,18,25,35H,16-17,19-20H2,1-8H3. The van der Waals surface area contributed by atoms with Crippen LogP contribution in [0, 0.1) is 44.3 Å². The average Bonchev–Trinajstić information content (AvgIpc) is 3.32. The minimum Gasteiger partial charge on any atom is -0.511 e. The summed E-state index contributed by atoms with van der Waals surface area (Å²) in [5.74, 6) is -3.54. The highest BCUT2D eigenvalue weighted by Crippen LogP contribution is 2.68. The number of aliphatic hydroxyl groups excluding tert-OH is 2. The van der Waals surface area contributed by atoms with Crippen LogP contribution in [0.1, 0.15) is 183 Å². The van der Waals surface area contributed by atoms with E-state index < -0.39 is 67.2 Å². The molecule has 0 aromatic heterocycles. The van der Waals surface area contributed by atoms with Gasteiger partial charge >= 0.3 is 0 Å². The van der Waals surface area contributed by atoms with E-state index in [1.807, 2.05) is 147 Å². The van der Waals surface area contributed by atoms with Gasteiger partial charge in [-0.25, -0.2) is 0 Å². The number of aliphatic hydroxyl groups is 2. The Kier molecular flexibility index (Phi) is 17.9. The summed E-state index contributed by atoms with van der Waals surface area (Å²) in [7, 11) is 0. The number of carbonyl (C=O) groups is 6. The van der Waals surface area contributed by atoms with Crippen molar-refractivity contribution in [2.24, 2.45) is 44.3 Å². The Morgan fingerprint density at radius 1 is 0.459 bits per heavy atom. The van der Waals surface area contributed by atoms with E-state index in [4.69, 9.17) is 0 Å². The molecule has 4 aliphatic carbocycles. The topological polar surface area (TPSA) is 143 Å². The molecule has 8 nitrogen and oxygen atoms in total. The molecular formula is C66H84O8. The first-order valence-electron chi connectivity index (χ1n) is 26.5. The van der Waals surface area contributed by atoms with Crippen molar-refractivity contribution in [3.63, 3.8) is 0 Å². The van der Waals surface area contributed by atoms with Crippen molar-refractivity contribution in [2.75, 3.05) is 0 Å². The molecule has 8 heteroatoms. The van der Waals surface area contributed by atoms with Gasteiger partial charge in [-0.1, -0.05) is 158 Å². The summed E-state index contributed by atoms with van der Waals surface area (Å²) in [6, 6.07) is 17.4. The second-order valence-corrected chi connectivity index (χ2v) is 24.2. The minimum atomic E-state index is -1.92. The van der Waals surface area contributed by atoms with Crippen LogP contribution in [-0.2, 0) is 19.2 Å². The van der Waals surface area contributed by atoms with Gasteiger partial charge in [0.05, 0.1) is 10.8 Å². The molecule has 0 aliphatic heterocycles. The lowest BCUT2D eigenvalue weighted by Crippen LogP contribution is -2.69. The third-order valence-electron chi connectivity index (χ3n) is 16.9. The average molecular weight is 1010 g/mol. The van der Waals surface area contributed by atoms with Crippen LogP contribution in [-0.4, -0.2) is 44.9 Å². The summed E-state index contributed by atoms with van der Waals surface area (Å²) in [6.45, 7) is 31.2. The van der Waals surface area contributed by atoms with Crippen LogP contribution in [0.5, 0.6) is 0 Å². The van der Waals surface area contributed by atoms with Crippen LogP contribution >= 0.6 is 0 Å². The van der Waals surface area contributed by atoms with Gasteiger partial charge in [0.1, 0.15) is 11.5 Å². The molecule has 2 fully saturated rings. The summed E-state index contributed by atoms with van der Waals surface area (Å²) >= 11 is 0. The van der Waals surface area contributed by atoms with Crippen LogP contribution in [0.4, 0.5) is 0 Å². The van der Waals surface area contributed by atoms with Crippen molar-refractivity contribution in [1.82, 2.24) is 0 Å². The van der Waals surface area contributed by atoms with E-state index in [2.05, 4.69) is 12.2 Å². The first-order valence-corrected chi connectivity index (χ1v) is 26.5. The van der Waals surface area contributed by atoms with E-state index in [0.29, 0.717) is 36.8 Å². The molecule has 0 saturated heterocycles. The number of benzene rings is 2. The smallest absolute Gasteiger partial charge is 0.184 e. The normalized spacial score (nSPS) is 26.4. The lowest BCUT2D eigenvalue weighted by Gasteiger charge is -2.59. The number of hydrogen-bond acceptors (Lipinski definition) is 8. The van der Waals surface area contributed by atoms with Crippen LogP contribution in [0.25, 0.3) is 0 Å².